The Morgan fingerprint density at radius 3 is 1.65 bits per heavy atom. The van der Waals surface area contributed by atoms with Gasteiger partial charge >= 0.3 is 21.4 Å². The third kappa shape index (κ3) is 3.13. The van der Waals surface area contributed by atoms with E-state index in [2.05, 4.69) is 0 Å². The van der Waals surface area contributed by atoms with Gasteiger partial charge in [-0.25, -0.2) is 4.57 Å². The van der Waals surface area contributed by atoms with E-state index in [1.807, 2.05) is 0 Å². The fraction of sp³-hybridized carbons (Fsp3) is 0.444. The molecule has 1 nitrogen and oxygen atoms in total. The van der Waals surface area contributed by atoms with E-state index in [1.54, 1.807) is 0 Å². The van der Waals surface area contributed by atoms with Crippen molar-refractivity contribution >= 4 is 10.2 Å². The molecule has 20 heavy (non-hydrogen) atoms. The summed E-state index contributed by atoms with van der Waals surface area (Å²) >= 11 is 0. The lowest BCUT2D eigenvalue weighted by molar-refractivity contribution is -0.699. The summed E-state index contributed by atoms with van der Waals surface area (Å²) in [6, 6.07) is 4.06. The maximum absolute atomic E-state index is 12.9. The van der Waals surface area contributed by atoms with Crippen LogP contribution in [0, 0.1) is 0 Å². The second-order valence-corrected chi connectivity index (χ2v) is 6.50. The van der Waals surface area contributed by atoms with Crippen LogP contribution in [0.3, 0.4) is 0 Å². The van der Waals surface area contributed by atoms with Crippen molar-refractivity contribution < 1.29 is 41.6 Å². The largest absolute Gasteiger partial charge is 0.443 e. The average molecular weight is 334 g/mol. The van der Waals surface area contributed by atoms with Crippen LogP contribution in [0.25, 0.3) is 0 Å². The Hall–Kier alpha value is -1.13. The van der Waals surface area contributed by atoms with Gasteiger partial charge in [-0.1, -0.05) is 25.5 Å². The molecule has 0 fully saturated rings. The summed E-state index contributed by atoms with van der Waals surface area (Å²) in [5.74, 6) is -5.92. The van der Waals surface area contributed by atoms with Crippen LogP contribution in [-0.4, -0.2) is 11.2 Å². The van der Waals surface area contributed by atoms with Crippen molar-refractivity contribution in [2.75, 3.05) is 0 Å². The zero-order valence-electron chi connectivity index (χ0n) is 9.56. The van der Waals surface area contributed by atoms with Gasteiger partial charge in [-0.2, -0.15) is 17.6 Å². The summed E-state index contributed by atoms with van der Waals surface area (Å²) in [5, 5.41) is -7.37. The van der Waals surface area contributed by atoms with Crippen molar-refractivity contribution in [2.24, 2.45) is 0 Å². The quantitative estimate of drug-likeness (QED) is 0.533. The number of pyridine rings is 1. The number of alkyl halides is 4. The molecular formula is C9H9F9NS+. The van der Waals surface area contributed by atoms with Crippen LogP contribution in [0.2, 0.25) is 0 Å². The summed E-state index contributed by atoms with van der Waals surface area (Å²) in [5.41, 5.74) is 0. The Balaban J connectivity index is 3.00. The molecule has 1 aromatic rings. The van der Waals surface area contributed by atoms with Gasteiger partial charge in [-0.05, 0) is 0 Å². The second kappa shape index (κ2) is 3.95. The number of hydrogen-bond acceptors (Lipinski definition) is 0. The van der Waals surface area contributed by atoms with Gasteiger partial charge in [0.1, 0.15) is 0 Å². The minimum absolute atomic E-state index is 0.870. The van der Waals surface area contributed by atoms with Crippen molar-refractivity contribution in [1.29, 1.82) is 0 Å². The van der Waals surface area contributed by atoms with Gasteiger partial charge in [-0.15, -0.1) is 0 Å². The molecule has 1 aromatic heterocycles. The highest BCUT2D eigenvalue weighted by Crippen LogP contribution is 3.05. The second-order valence-electron chi connectivity index (χ2n) is 4.05. The first kappa shape index (κ1) is 16.9. The highest BCUT2D eigenvalue weighted by atomic mass is 32.5. The highest BCUT2D eigenvalue weighted by Gasteiger charge is 2.91. The first-order valence-electron chi connectivity index (χ1n) is 5.00. The predicted molar refractivity (Wildman–Crippen MR) is 54.3 cm³/mol. The van der Waals surface area contributed by atoms with Crippen molar-refractivity contribution in [3.63, 3.8) is 0 Å². The molecule has 0 aliphatic carbocycles. The highest BCUT2D eigenvalue weighted by molar-refractivity contribution is 8.46. The van der Waals surface area contributed by atoms with Gasteiger partial charge in [0.15, 0.2) is 18.9 Å². The molecule has 0 spiro atoms. The lowest BCUT2D eigenvalue weighted by atomic mass is 10.2. The minimum Gasteiger partial charge on any atom is -0.205 e. The van der Waals surface area contributed by atoms with E-state index in [-0.39, 0.29) is 0 Å². The molecule has 0 atom stereocenters. The van der Waals surface area contributed by atoms with Gasteiger partial charge in [0.25, 0.3) is 0 Å². The number of nitrogens with zero attached hydrogens (tertiary/aromatic N) is 1. The average Bonchev–Trinajstić information content (AvgIpc) is 2.24. The number of aromatic nitrogens is 1. The van der Waals surface area contributed by atoms with E-state index in [9.17, 15) is 37.0 Å². The Labute approximate surface area is 107 Å². The van der Waals surface area contributed by atoms with E-state index < -0.39 is 34.4 Å². The fourth-order valence-corrected chi connectivity index (χ4v) is 1.95. The smallest absolute Gasteiger partial charge is 0.205 e. The van der Waals surface area contributed by atoms with Crippen molar-refractivity contribution in [2.45, 2.75) is 24.1 Å². The Morgan fingerprint density at radius 2 is 1.25 bits per heavy atom. The molecule has 0 N–H and O–H groups in total. The molecule has 0 aliphatic heterocycles. The van der Waals surface area contributed by atoms with Gasteiger partial charge in [-0.3, -0.25) is 0 Å². The summed E-state index contributed by atoms with van der Waals surface area (Å²) in [7, 11) is -11.7. The van der Waals surface area contributed by atoms with Crippen molar-refractivity contribution in [3.05, 3.63) is 30.6 Å². The molecule has 1 heterocycles. The monoisotopic (exact) mass is 334 g/mol. The van der Waals surface area contributed by atoms with Gasteiger partial charge in [0, 0.05) is 12.1 Å². The molecule has 0 saturated carbocycles. The molecular weight excluding hydrogens is 325 g/mol. The maximum atomic E-state index is 12.9. The molecule has 0 unspecified atom stereocenters. The van der Waals surface area contributed by atoms with Crippen LogP contribution in [0.15, 0.2) is 30.6 Å². The normalized spacial score (nSPS) is 17.4. The summed E-state index contributed by atoms with van der Waals surface area (Å²) in [4.78, 5) is 0. The molecule has 0 saturated heterocycles. The maximum Gasteiger partial charge on any atom is 0.443 e. The molecule has 0 aliphatic rings. The van der Waals surface area contributed by atoms with Crippen LogP contribution >= 0.6 is 10.2 Å². The Bertz CT molecular complexity index is 481. The lowest BCUT2D eigenvalue weighted by Crippen LogP contribution is -2.51. The lowest BCUT2D eigenvalue weighted by Gasteiger charge is -2.48. The minimum atomic E-state index is -11.7. The van der Waals surface area contributed by atoms with Crippen LogP contribution in [-0.2, 0) is 6.54 Å². The van der Waals surface area contributed by atoms with E-state index in [0.29, 0.717) is 0 Å². The molecule has 0 amide bonds. The van der Waals surface area contributed by atoms with E-state index in [4.69, 9.17) is 0 Å². The van der Waals surface area contributed by atoms with Gasteiger partial charge in [0.05, 0.1) is 6.42 Å². The standard InChI is InChI=1S/C9H9F9NS/c10-8(11,4-7-19-5-2-1-3-6-19)9(12,13)20(14,15,16,17)18/h1-3,5-6H,4,7H2/q+1. The van der Waals surface area contributed by atoms with E-state index in [0.717, 1.165) is 17.0 Å². The molecule has 118 valence electrons. The number of halogens is 9. The first-order chi connectivity index (χ1) is 8.57. The fourth-order valence-electron chi connectivity index (χ4n) is 1.28. The van der Waals surface area contributed by atoms with Crippen molar-refractivity contribution in [1.82, 2.24) is 0 Å². The van der Waals surface area contributed by atoms with Crippen molar-refractivity contribution in [3.8, 4) is 0 Å². The zero-order valence-corrected chi connectivity index (χ0v) is 10.4. The third-order valence-electron chi connectivity index (χ3n) is 2.37. The first-order valence-corrected chi connectivity index (χ1v) is 6.95. The van der Waals surface area contributed by atoms with E-state index >= 15 is 0 Å². The Kier molecular flexibility index (Phi) is 3.34. The molecule has 1 rings (SSSR count). The Morgan fingerprint density at radius 1 is 0.800 bits per heavy atom. The SMILES string of the molecule is FC(F)(CC[n+]1ccccc1)C(F)(F)S(F)(F)(F)(F)F. The van der Waals surface area contributed by atoms with Crippen LogP contribution in [0.1, 0.15) is 6.42 Å². The zero-order chi connectivity index (χ0) is 15.9. The molecule has 0 bridgehead atoms. The third-order valence-corrected chi connectivity index (χ3v) is 3.64. The van der Waals surface area contributed by atoms with Crippen LogP contribution < -0.4 is 4.57 Å². The molecule has 0 aromatic carbocycles. The van der Waals surface area contributed by atoms with Gasteiger partial charge < -0.3 is 0 Å². The summed E-state index contributed by atoms with van der Waals surface area (Å²) in [6.45, 7) is -0.975. The van der Waals surface area contributed by atoms with Gasteiger partial charge in [0.2, 0.25) is 0 Å². The van der Waals surface area contributed by atoms with E-state index in [1.165, 1.54) is 18.2 Å². The number of rotatable bonds is 5. The van der Waals surface area contributed by atoms with Crippen LogP contribution in [0.4, 0.5) is 37.0 Å². The predicted octanol–water partition coefficient (Wildman–Crippen LogP) is 4.89. The number of hydrogen-bond donors (Lipinski definition) is 0. The van der Waals surface area contributed by atoms with Crippen LogP contribution in [0.5, 0.6) is 0 Å². The molecule has 0 radical (unpaired) electrons. The summed E-state index contributed by atoms with van der Waals surface area (Å²) in [6.07, 6.45) is 0.155. The number of aryl methyl sites for hydroxylation is 1. The topological polar surface area (TPSA) is 3.88 Å². The summed E-state index contributed by atoms with van der Waals surface area (Å²) < 4.78 is 112. The molecule has 11 heteroatoms.